The first-order chi connectivity index (χ1) is 31.4. The Labute approximate surface area is 395 Å². The molecule has 2 atom stereocenters. The summed E-state index contributed by atoms with van der Waals surface area (Å²) in [6.07, 6.45) is 10.3. The Kier molecular flexibility index (Phi) is 18.0. The van der Waals surface area contributed by atoms with Gasteiger partial charge in [-0.1, -0.05) is 175 Å². The molecule has 2 heterocycles. The van der Waals surface area contributed by atoms with Gasteiger partial charge in [-0.3, -0.25) is 0 Å². The normalized spacial score (nSPS) is 13.4. The Morgan fingerprint density at radius 1 is 0.470 bits per heavy atom. The van der Waals surface area contributed by atoms with Gasteiger partial charge in [0.15, 0.2) is 0 Å². The van der Waals surface area contributed by atoms with Crippen molar-refractivity contribution in [2.45, 2.75) is 74.8 Å². The molecule has 0 N–H and O–H groups in total. The minimum atomic E-state index is -3.65. The molecule has 0 fully saturated rings. The molecule has 14 heteroatoms. The summed E-state index contributed by atoms with van der Waals surface area (Å²) in [6, 6.07) is 44.5. The largest absolute Gasteiger partial charge is 0.407 e. The van der Waals surface area contributed by atoms with Gasteiger partial charge >= 0.3 is 0 Å². The second kappa shape index (κ2) is 23.0. The molecule has 6 rings (SSSR count). The fraction of sp³-hybridized carbons (Fsp3) is 0.308. The van der Waals surface area contributed by atoms with E-state index in [4.69, 9.17) is 8.85 Å². The van der Waals surface area contributed by atoms with E-state index in [0.29, 0.717) is 26.1 Å². The summed E-state index contributed by atoms with van der Waals surface area (Å²) in [5.74, 6) is -0.724. The zero-order valence-corrected chi connectivity index (χ0v) is 42.7. The van der Waals surface area contributed by atoms with Crippen LogP contribution >= 0.6 is 0 Å². The van der Waals surface area contributed by atoms with Crippen molar-refractivity contribution in [1.82, 2.24) is 19.9 Å². The first-order valence-corrected chi connectivity index (χ1v) is 29.2. The SMILES string of the molecule is C=CC[C@@H](CO[Si](c1ccccc1)(c1ccccc1)C(C)(C)C)CS(=O)(=O)c1ncccn1.C=CC[C@H](CO[Si](c1ccccc1)(c1ccccc1)C(C)(C)C)CS(=O)(=O)c1ncccn1. The summed E-state index contributed by atoms with van der Waals surface area (Å²) in [7, 11) is -12.8. The van der Waals surface area contributed by atoms with Crippen molar-refractivity contribution in [3.63, 3.8) is 0 Å². The molecule has 0 amide bonds. The maximum Gasteiger partial charge on any atom is 0.261 e. The molecule has 0 aliphatic heterocycles. The smallest absolute Gasteiger partial charge is 0.261 e. The number of hydrogen-bond acceptors (Lipinski definition) is 10. The molecule has 0 saturated heterocycles. The molecule has 6 aromatic rings. The highest BCUT2D eigenvalue weighted by Crippen LogP contribution is 2.38. The number of hydrogen-bond donors (Lipinski definition) is 0. The van der Waals surface area contributed by atoms with E-state index in [1.807, 2.05) is 72.8 Å². The van der Waals surface area contributed by atoms with Crippen molar-refractivity contribution in [2.75, 3.05) is 24.7 Å². The average molecular weight is 961 g/mol. The van der Waals surface area contributed by atoms with Crippen molar-refractivity contribution in [3.05, 3.63) is 184 Å². The lowest BCUT2D eigenvalue weighted by atomic mass is 10.1. The number of allylic oxidation sites excluding steroid dienone is 2. The maximum atomic E-state index is 13.0. The van der Waals surface area contributed by atoms with E-state index in [9.17, 15) is 16.8 Å². The van der Waals surface area contributed by atoms with Gasteiger partial charge in [0.25, 0.3) is 16.6 Å². The Bertz CT molecular complexity index is 2370. The molecule has 0 radical (unpaired) electrons. The first kappa shape index (κ1) is 51.8. The van der Waals surface area contributed by atoms with Crippen LogP contribution in [0.1, 0.15) is 54.4 Å². The summed E-state index contributed by atoms with van der Waals surface area (Å²) < 4.78 is 65.8. The highest BCUT2D eigenvalue weighted by molar-refractivity contribution is 7.91. The number of aromatic nitrogens is 4. The number of benzene rings is 4. The minimum absolute atomic E-state index is 0.0960. The van der Waals surface area contributed by atoms with Gasteiger partial charge in [0.05, 0.1) is 11.5 Å². The Morgan fingerprint density at radius 3 is 0.955 bits per heavy atom. The summed E-state index contributed by atoms with van der Waals surface area (Å²) in [5, 5.41) is 3.98. The van der Waals surface area contributed by atoms with E-state index in [0.717, 1.165) is 20.7 Å². The first-order valence-electron chi connectivity index (χ1n) is 22.1. The van der Waals surface area contributed by atoms with Crippen LogP contribution in [0.25, 0.3) is 0 Å². The van der Waals surface area contributed by atoms with Crippen LogP contribution in [0.3, 0.4) is 0 Å². The monoisotopic (exact) mass is 960 g/mol. The van der Waals surface area contributed by atoms with Gasteiger partial charge in [0, 0.05) is 38.0 Å². The lowest BCUT2D eigenvalue weighted by Gasteiger charge is -2.43. The zero-order valence-electron chi connectivity index (χ0n) is 39.0. The third kappa shape index (κ3) is 12.6. The molecule has 0 unspecified atom stereocenters. The van der Waals surface area contributed by atoms with Crippen LogP contribution < -0.4 is 20.7 Å². The van der Waals surface area contributed by atoms with Crippen LogP contribution in [-0.4, -0.2) is 78.1 Å². The molecule has 0 saturated carbocycles. The summed E-state index contributed by atoms with van der Waals surface area (Å²) in [4.78, 5) is 15.8. The molecule has 348 valence electrons. The quantitative estimate of drug-likeness (QED) is 0.0420. The van der Waals surface area contributed by atoms with Gasteiger partial charge in [-0.2, -0.15) is 0 Å². The number of sulfone groups is 2. The van der Waals surface area contributed by atoms with Gasteiger partial charge in [-0.25, -0.2) is 36.8 Å². The van der Waals surface area contributed by atoms with E-state index in [1.54, 1.807) is 24.3 Å². The maximum absolute atomic E-state index is 13.0. The van der Waals surface area contributed by atoms with E-state index in [2.05, 4.69) is 123 Å². The summed E-state index contributed by atoms with van der Waals surface area (Å²) in [5.41, 5.74) is 0. The van der Waals surface area contributed by atoms with Gasteiger partial charge in [-0.15, -0.1) is 13.2 Å². The van der Waals surface area contributed by atoms with E-state index in [-0.39, 0.29) is 43.7 Å². The van der Waals surface area contributed by atoms with Crippen LogP contribution in [0, 0.1) is 11.8 Å². The molecule has 0 aliphatic carbocycles. The molecular formula is C52H64N4O6S2Si2. The molecule has 66 heavy (non-hydrogen) atoms. The highest BCUT2D eigenvalue weighted by Gasteiger charge is 2.51. The van der Waals surface area contributed by atoms with Crippen LogP contribution in [0.2, 0.25) is 10.1 Å². The third-order valence-corrected chi connectivity index (χ3v) is 24.8. The molecule has 10 nitrogen and oxygen atoms in total. The second-order valence-corrected chi connectivity index (χ2v) is 30.8. The van der Waals surface area contributed by atoms with E-state index >= 15 is 0 Å². The highest BCUT2D eigenvalue weighted by atomic mass is 32.2. The number of nitrogens with zero attached hydrogens (tertiary/aromatic N) is 4. The van der Waals surface area contributed by atoms with Crippen molar-refractivity contribution in [1.29, 1.82) is 0 Å². The topological polar surface area (TPSA) is 138 Å². The van der Waals surface area contributed by atoms with Crippen LogP contribution in [-0.2, 0) is 28.5 Å². The van der Waals surface area contributed by atoms with Gasteiger partial charge in [0.2, 0.25) is 30.0 Å². The fourth-order valence-electron chi connectivity index (χ4n) is 8.51. The summed E-state index contributed by atoms with van der Waals surface area (Å²) in [6.45, 7) is 21.5. The Hall–Kier alpha value is -5.23. The zero-order chi connectivity index (χ0) is 47.9. The van der Waals surface area contributed by atoms with E-state index < -0.39 is 36.3 Å². The van der Waals surface area contributed by atoms with Crippen molar-refractivity contribution in [3.8, 4) is 0 Å². The second-order valence-electron chi connectivity index (χ2n) is 18.4. The fourth-order valence-corrected chi connectivity index (χ4v) is 20.7. The van der Waals surface area contributed by atoms with Gasteiger partial charge < -0.3 is 8.85 Å². The van der Waals surface area contributed by atoms with Gasteiger partial charge in [-0.05, 0) is 67.6 Å². The Balaban J connectivity index is 0.000000247. The lowest BCUT2D eigenvalue weighted by molar-refractivity contribution is 0.247. The number of rotatable bonds is 20. The predicted molar refractivity (Wildman–Crippen MR) is 272 cm³/mol. The standard InChI is InChI=1S/2C26H32N2O3SSi/c2*1-5-13-22(21-32(29,30)25-27-18-12-19-28-25)20-31-33(26(2,3)4,23-14-8-6-9-15-23)24-16-10-7-11-17-24/h2*5-12,14-19,22H,1,13,20-21H2,2-4H3/t2*22-/m10/s1. The molecule has 0 spiro atoms. The van der Waals surface area contributed by atoms with Crippen LogP contribution in [0.5, 0.6) is 0 Å². The van der Waals surface area contributed by atoms with Crippen LogP contribution in [0.4, 0.5) is 0 Å². The molecule has 2 aromatic heterocycles. The molecule has 0 aliphatic rings. The summed E-state index contributed by atoms with van der Waals surface area (Å²) >= 11 is 0. The lowest BCUT2D eigenvalue weighted by Crippen LogP contribution is -2.67. The molecular weight excluding hydrogens is 897 g/mol. The Morgan fingerprint density at radius 2 is 0.727 bits per heavy atom. The molecule has 4 aromatic carbocycles. The average Bonchev–Trinajstić information content (AvgIpc) is 3.30. The van der Waals surface area contributed by atoms with Crippen LogP contribution in [0.15, 0.2) is 194 Å². The van der Waals surface area contributed by atoms with Crippen molar-refractivity contribution < 1.29 is 25.7 Å². The van der Waals surface area contributed by atoms with Crippen molar-refractivity contribution in [2.24, 2.45) is 11.8 Å². The third-order valence-electron chi connectivity index (χ3n) is 11.5. The van der Waals surface area contributed by atoms with Crippen molar-refractivity contribution >= 4 is 57.1 Å². The van der Waals surface area contributed by atoms with Gasteiger partial charge in [0.1, 0.15) is 0 Å². The molecule has 0 bridgehead atoms. The predicted octanol–water partition coefficient (Wildman–Crippen LogP) is 8.04. The van der Waals surface area contributed by atoms with E-state index in [1.165, 1.54) is 24.8 Å². The minimum Gasteiger partial charge on any atom is -0.407 e.